The maximum absolute atomic E-state index is 11.9. The molecule has 0 spiro atoms. The highest BCUT2D eigenvalue weighted by molar-refractivity contribution is 5.27. The second kappa shape index (κ2) is 5.61. The van der Waals surface area contributed by atoms with Gasteiger partial charge < -0.3 is 10.1 Å². The van der Waals surface area contributed by atoms with Crippen LogP contribution >= 0.6 is 0 Å². The van der Waals surface area contributed by atoms with Gasteiger partial charge >= 0.3 is 6.18 Å². The van der Waals surface area contributed by atoms with Gasteiger partial charge in [0.1, 0.15) is 5.75 Å². The Hall–Kier alpha value is -1.23. The Kier molecular flexibility index (Phi) is 4.62. The van der Waals surface area contributed by atoms with Crippen LogP contribution in [-0.4, -0.2) is 18.3 Å². The first-order chi connectivity index (χ1) is 8.16. The maximum atomic E-state index is 11.9. The summed E-state index contributed by atoms with van der Waals surface area (Å²) in [5, 5.41) is 3.29. The summed E-state index contributed by atoms with van der Waals surface area (Å²) in [6, 6.07) is 6.60. The largest absolute Gasteiger partial charge is 0.484 e. The molecule has 0 saturated heterocycles. The topological polar surface area (TPSA) is 21.3 Å². The summed E-state index contributed by atoms with van der Waals surface area (Å²) >= 11 is 0. The Morgan fingerprint density at radius 2 is 1.61 bits per heavy atom. The first-order valence-corrected chi connectivity index (χ1v) is 5.69. The van der Waals surface area contributed by atoms with Crippen molar-refractivity contribution in [2.45, 2.75) is 39.0 Å². The third kappa shape index (κ3) is 6.49. The van der Waals surface area contributed by atoms with Crippen LogP contribution in [0.5, 0.6) is 5.75 Å². The molecule has 18 heavy (non-hydrogen) atoms. The van der Waals surface area contributed by atoms with Gasteiger partial charge in [0.05, 0.1) is 0 Å². The number of nitrogens with one attached hydrogen (secondary N) is 1. The van der Waals surface area contributed by atoms with Gasteiger partial charge in [-0.05, 0) is 38.5 Å². The molecule has 0 radical (unpaired) electrons. The summed E-state index contributed by atoms with van der Waals surface area (Å²) in [6.45, 7) is 5.56. The van der Waals surface area contributed by atoms with E-state index in [9.17, 15) is 13.2 Å². The molecule has 1 aromatic rings. The molecule has 0 aliphatic rings. The Morgan fingerprint density at radius 1 is 1.06 bits per heavy atom. The van der Waals surface area contributed by atoms with Crippen molar-refractivity contribution >= 4 is 0 Å². The molecule has 0 heterocycles. The molecule has 0 fully saturated rings. The highest BCUT2D eigenvalue weighted by atomic mass is 19.4. The van der Waals surface area contributed by atoms with Crippen molar-refractivity contribution in [1.29, 1.82) is 0 Å². The van der Waals surface area contributed by atoms with Gasteiger partial charge in [0.25, 0.3) is 0 Å². The number of rotatable bonds is 4. The number of benzene rings is 1. The maximum Gasteiger partial charge on any atom is 0.422 e. The van der Waals surface area contributed by atoms with E-state index in [4.69, 9.17) is 0 Å². The minimum Gasteiger partial charge on any atom is -0.484 e. The molecular weight excluding hydrogens is 243 g/mol. The van der Waals surface area contributed by atoms with E-state index in [1.807, 2.05) is 20.8 Å². The van der Waals surface area contributed by atoms with Crippen LogP contribution in [0.3, 0.4) is 0 Å². The Bertz CT molecular complexity index is 328. The van der Waals surface area contributed by atoms with Crippen LogP contribution < -0.4 is 10.1 Å². The van der Waals surface area contributed by atoms with Crippen LogP contribution in [0.4, 0.5) is 13.2 Å². The molecule has 0 bridgehead atoms. The summed E-state index contributed by atoms with van der Waals surface area (Å²) in [5.41, 5.74) is 1.01. The lowest BCUT2D eigenvalue weighted by Gasteiger charge is -2.20. The second-order valence-electron chi connectivity index (χ2n) is 5.15. The lowest BCUT2D eigenvalue weighted by Crippen LogP contribution is -2.35. The van der Waals surface area contributed by atoms with Crippen molar-refractivity contribution in [3.05, 3.63) is 29.8 Å². The molecule has 0 atom stereocenters. The van der Waals surface area contributed by atoms with Crippen LogP contribution in [0.2, 0.25) is 0 Å². The monoisotopic (exact) mass is 261 g/mol. The number of alkyl halides is 3. The van der Waals surface area contributed by atoms with Crippen molar-refractivity contribution in [3.8, 4) is 5.75 Å². The Balaban J connectivity index is 2.48. The van der Waals surface area contributed by atoms with Crippen molar-refractivity contribution < 1.29 is 17.9 Å². The van der Waals surface area contributed by atoms with E-state index < -0.39 is 12.8 Å². The van der Waals surface area contributed by atoms with E-state index in [1.54, 1.807) is 24.3 Å². The lowest BCUT2D eigenvalue weighted by atomic mass is 10.1. The average molecular weight is 261 g/mol. The number of halogens is 3. The Morgan fingerprint density at radius 3 is 2.06 bits per heavy atom. The highest BCUT2D eigenvalue weighted by Crippen LogP contribution is 2.19. The number of hydrogen-bond donors (Lipinski definition) is 1. The second-order valence-corrected chi connectivity index (χ2v) is 5.15. The predicted molar refractivity (Wildman–Crippen MR) is 64.6 cm³/mol. The highest BCUT2D eigenvalue weighted by Gasteiger charge is 2.28. The van der Waals surface area contributed by atoms with Gasteiger partial charge in [-0.1, -0.05) is 12.1 Å². The standard InChI is InChI=1S/C13H18F3NO/c1-12(2,3)17-8-10-4-6-11(7-5-10)18-9-13(14,15)16/h4-7,17H,8-9H2,1-3H3. The van der Waals surface area contributed by atoms with Crippen LogP contribution in [0.25, 0.3) is 0 Å². The van der Waals surface area contributed by atoms with Gasteiger partial charge in [-0.15, -0.1) is 0 Å². The zero-order chi connectivity index (χ0) is 13.8. The molecular formula is C13H18F3NO. The molecule has 0 unspecified atom stereocenters. The minimum absolute atomic E-state index is 0.00541. The summed E-state index contributed by atoms with van der Waals surface area (Å²) in [4.78, 5) is 0. The fourth-order valence-corrected chi connectivity index (χ4v) is 1.24. The fourth-order valence-electron chi connectivity index (χ4n) is 1.24. The van der Waals surface area contributed by atoms with Gasteiger partial charge in [0.2, 0.25) is 0 Å². The van der Waals surface area contributed by atoms with Gasteiger partial charge in [-0.25, -0.2) is 0 Å². The number of hydrogen-bond acceptors (Lipinski definition) is 2. The van der Waals surface area contributed by atoms with Gasteiger partial charge in [-0.3, -0.25) is 0 Å². The molecule has 1 aromatic carbocycles. The molecule has 0 amide bonds. The molecule has 5 heteroatoms. The van der Waals surface area contributed by atoms with E-state index in [0.29, 0.717) is 6.54 Å². The zero-order valence-electron chi connectivity index (χ0n) is 10.8. The molecule has 1 rings (SSSR count). The van der Waals surface area contributed by atoms with Crippen molar-refractivity contribution in [1.82, 2.24) is 5.32 Å². The van der Waals surface area contributed by atoms with Crippen LogP contribution in [0.1, 0.15) is 26.3 Å². The molecule has 0 saturated carbocycles. The summed E-state index contributed by atoms with van der Waals surface area (Å²) < 4.78 is 40.4. The smallest absolute Gasteiger partial charge is 0.422 e. The minimum atomic E-state index is -4.30. The quantitative estimate of drug-likeness (QED) is 0.895. The summed E-state index contributed by atoms with van der Waals surface area (Å²) in [7, 11) is 0. The van der Waals surface area contributed by atoms with Crippen molar-refractivity contribution in [2.24, 2.45) is 0 Å². The predicted octanol–water partition coefficient (Wildman–Crippen LogP) is 3.52. The number of ether oxygens (including phenoxy) is 1. The zero-order valence-corrected chi connectivity index (χ0v) is 10.8. The molecule has 102 valence electrons. The molecule has 0 aliphatic carbocycles. The van der Waals surface area contributed by atoms with E-state index in [0.717, 1.165) is 5.56 Å². The first kappa shape index (κ1) is 14.8. The lowest BCUT2D eigenvalue weighted by molar-refractivity contribution is -0.153. The van der Waals surface area contributed by atoms with Gasteiger partial charge in [0.15, 0.2) is 6.61 Å². The van der Waals surface area contributed by atoms with E-state index >= 15 is 0 Å². The molecule has 0 aromatic heterocycles. The molecule has 1 N–H and O–H groups in total. The van der Waals surface area contributed by atoms with Crippen LogP contribution in [0.15, 0.2) is 24.3 Å². The fraction of sp³-hybridized carbons (Fsp3) is 0.538. The third-order valence-electron chi connectivity index (χ3n) is 2.15. The van der Waals surface area contributed by atoms with Crippen LogP contribution in [0, 0.1) is 0 Å². The normalized spacial score (nSPS) is 12.6. The molecule has 0 aliphatic heterocycles. The summed E-state index contributed by atoms with van der Waals surface area (Å²) in [5.74, 6) is 0.229. The third-order valence-corrected chi connectivity index (χ3v) is 2.15. The SMILES string of the molecule is CC(C)(C)NCc1ccc(OCC(F)(F)F)cc1. The average Bonchev–Trinajstić information content (AvgIpc) is 2.23. The van der Waals surface area contributed by atoms with E-state index in [2.05, 4.69) is 10.1 Å². The van der Waals surface area contributed by atoms with Crippen LogP contribution in [-0.2, 0) is 6.54 Å². The van der Waals surface area contributed by atoms with E-state index in [-0.39, 0.29) is 11.3 Å². The van der Waals surface area contributed by atoms with Crippen molar-refractivity contribution in [2.75, 3.05) is 6.61 Å². The summed E-state index contributed by atoms with van der Waals surface area (Å²) in [6.07, 6.45) is -4.30. The molecule has 2 nitrogen and oxygen atoms in total. The van der Waals surface area contributed by atoms with Crippen molar-refractivity contribution in [3.63, 3.8) is 0 Å². The van der Waals surface area contributed by atoms with Gasteiger partial charge in [-0.2, -0.15) is 13.2 Å². The Labute approximate surface area is 105 Å². The first-order valence-electron chi connectivity index (χ1n) is 5.69. The van der Waals surface area contributed by atoms with E-state index in [1.165, 1.54) is 0 Å². The van der Waals surface area contributed by atoms with Gasteiger partial charge in [0, 0.05) is 12.1 Å².